The summed E-state index contributed by atoms with van der Waals surface area (Å²) >= 11 is 5.96. The van der Waals surface area contributed by atoms with Gasteiger partial charge in [0.05, 0.1) is 5.08 Å². The lowest BCUT2D eigenvalue weighted by Gasteiger charge is -2.26. The molecule has 0 spiro atoms. The minimum absolute atomic E-state index is 0.500. The lowest BCUT2D eigenvalue weighted by atomic mass is 10.3. The summed E-state index contributed by atoms with van der Waals surface area (Å²) in [7, 11) is 0. The van der Waals surface area contributed by atoms with Crippen molar-refractivity contribution in [1.82, 2.24) is 0 Å². The maximum atomic E-state index is 4.23. The van der Waals surface area contributed by atoms with Crippen molar-refractivity contribution in [2.45, 2.75) is 19.9 Å². The average molecular weight is 213 g/mol. The molecule has 0 bridgehead atoms. The summed E-state index contributed by atoms with van der Waals surface area (Å²) in [5, 5.41) is 0.813. The monoisotopic (exact) mass is 213 g/mol. The van der Waals surface area contributed by atoms with E-state index in [0.717, 1.165) is 5.08 Å². The van der Waals surface area contributed by atoms with E-state index < -0.39 is 0 Å². The van der Waals surface area contributed by atoms with Crippen molar-refractivity contribution in [2.75, 3.05) is 9.39 Å². The first kappa shape index (κ1) is 10.8. The SMILES string of the molecule is CC(C)N(SCS)c1ccccc1. The Hall–Kier alpha value is -0.280. The Morgan fingerprint density at radius 1 is 1.31 bits per heavy atom. The van der Waals surface area contributed by atoms with E-state index in [-0.39, 0.29) is 0 Å². The van der Waals surface area contributed by atoms with Gasteiger partial charge in [0.1, 0.15) is 0 Å². The maximum Gasteiger partial charge on any atom is 0.0562 e. The van der Waals surface area contributed by atoms with E-state index in [1.54, 1.807) is 11.9 Å². The fraction of sp³-hybridized carbons (Fsp3) is 0.400. The zero-order valence-electron chi connectivity index (χ0n) is 7.97. The van der Waals surface area contributed by atoms with Gasteiger partial charge in [-0.25, -0.2) is 0 Å². The molecule has 0 N–H and O–H groups in total. The molecule has 0 radical (unpaired) electrons. The smallest absolute Gasteiger partial charge is 0.0562 e. The zero-order valence-corrected chi connectivity index (χ0v) is 9.68. The van der Waals surface area contributed by atoms with Gasteiger partial charge in [-0.15, -0.1) is 0 Å². The number of para-hydroxylation sites is 1. The van der Waals surface area contributed by atoms with E-state index in [1.807, 2.05) is 6.07 Å². The highest BCUT2D eigenvalue weighted by molar-refractivity contribution is 8.10. The molecule has 0 amide bonds. The van der Waals surface area contributed by atoms with Crippen LogP contribution in [0.25, 0.3) is 0 Å². The molecule has 13 heavy (non-hydrogen) atoms. The molecule has 3 heteroatoms. The number of nitrogens with zero attached hydrogens (tertiary/aromatic N) is 1. The Kier molecular flexibility index (Phi) is 4.53. The number of anilines is 1. The highest BCUT2D eigenvalue weighted by Gasteiger charge is 2.09. The molecule has 72 valence electrons. The highest BCUT2D eigenvalue weighted by atomic mass is 32.2. The number of hydrogen-bond acceptors (Lipinski definition) is 3. The van der Waals surface area contributed by atoms with Gasteiger partial charge in [-0.3, -0.25) is 0 Å². The third-order valence-electron chi connectivity index (χ3n) is 1.68. The van der Waals surface area contributed by atoms with Crippen LogP contribution in [0.1, 0.15) is 13.8 Å². The van der Waals surface area contributed by atoms with Gasteiger partial charge in [-0.05, 0) is 37.9 Å². The molecule has 0 saturated carbocycles. The maximum absolute atomic E-state index is 4.23. The first-order chi connectivity index (χ1) is 6.25. The summed E-state index contributed by atoms with van der Waals surface area (Å²) in [6, 6.07) is 10.9. The van der Waals surface area contributed by atoms with Crippen molar-refractivity contribution in [1.29, 1.82) is 0 Å². The summed E-state index contributed by atoms with van der Waals surface area (Å²) in [5.74, 6) is 0. The second-order valence-corrected chi connectivity index (χ2v) is 4.70. The van der Waals surface area contributed by atoms with Gasteiger partial charge in [0, 0.05) is 11.7 Å². The third kappa shape index (κ3) is 3.16. The molecule has 1 rings (SSSR count). The Labute approximate surface area is 90.1 Å². The molecule has 1 nitrogen and oxygen atoms in total. The Morgan fingerprint density at radius 3 is 2.38 bits per heavy atom. The summed E-state index contributed by atoms with van der Waals surface area (Å²) < 4.78 is 2.27. The van der Waals surface area contributed by atoms with E-state index in [1.165, 1.54) is 5.69 Å². The predicted molar refractivity (Wildman–Crippen MR) is 65.5 cm³/mol. The highest BCUT2D eigenvalue weighted by Crippen LogP contribution is 2.25. The lowest BCUT2D eigenvalue weighted by molar-refractivity contribution is 0.837. The van der Waals surface area contributed by atoms with E-state index in [9.17, 15) is 0 Å². The molecule has 0 aliphatic rings. The first-order valence-corrected chi connectivity index (χ1v) is 5.91. The summed E-state index contributed by atoms with van der Waals surface area (Å²) in [5.41, 5.74) is 1.25. The predicted octanol–water partition coefficient (Wildman–Crippen LogP) is 3.44. The Bertz CT molecular complexity index is 236. The number of rotatable bonds is 4. The van der Waals surface area contributed by atoms with Crippen molar-refractivity contribution >= 4 is 30.3 Å². The van der Waals surface area contributed by atoms with Gasteiger partial charge < -0.3 is 4.31 Å². The van der Waals surface area contributed by atoms with Crippen LogP contribution in [0.4, 0.5) is 5.69 Å². The van der Waals surface area contributed by atoms with Gasteiger partial charge >= 0.3 is 0 Å². The van der Waals surface area contributed by atoms with Crippen LogP contribution < -0.4 is 4.31 Å². The average Bonchev–Trinajstić information content (AvgIpc) is 2.15. The van der Waals surface area contributed by atoms with Gasteiger partial charge in [0.25, 0.3) is 0 Å². The van der Waals surface area contributed by atoms with Crippen LogP contribution in [0, 0.1) is 0 Å². The molecule has 0 saturated heterocycles. The standard InChI is InChI=1S/C10H15NS2/c1-9(2)11(13-8-12)10-6-4-3-5-7-10/h3-7,9,12H,8H2,1-2H3. The molecule has 1 aromatic carbocycles. The van der Waals surface area contributed by atoms with E-state index in [0.29, 0.717) is 6.04 Å². The minimum atomic E-state index is 0.500. The largest absolute Gasteiger partial charge is 0.313 e. The number of thiol groups is 1. The van der Waals surface area contributed by atoms with E-state index >= 15 is 0 Å². The van der Waals surface area contributed by atoms with Gasteiger partial charge in [-0.1, -0.05) is 18.2 Å². The molecular weight excluding hydrogens is 198 g/mol. The van der Waals surface area contributed by atoms with Gasteiger partial charge in [0.2, 0.25) is 0 Å². The summed E-state index contributed by atoms with van der Waals surface area (Å²) in [6.07, 6.45) is 0. The van der Waals surface area contributed by atoms with Crippen LogP contribution in [0.15, 0.2) is 30.3 Å². The first-order valence-electron chi connectivity index (χ1n) is 4.33. The molecule has 0 unspecified atom stereocenters. The van der Waals surface area contributed by atoms with Gasteiger partial charge in [-0.2, -0.15) is 12.6 Å². The molecule has 0 aliphatic carbocycles. The van der Waals surface area contributed by atoms with Crippen molar-refractivity contribution in [3.63, 3.8) is 0 Å². The Balaban J connectivity index is 2.76. The van der Waals surface area contributed by atoms with E-state index in [2.05, 4.69) is 55.0 Å². The molecule has 0 atom stereocenters. The second-order valence-electron chi connectivity index (χ2n) is 3.01. The van der Waals surface area contributed by atoms with Gasteiger partial charge in [0.15, 0.2) is 0 Å². The fourth-order valence-corrected chi connectivity index (χ4v) is 2.23. The topological polar surface area (TPSA) is 3.24 Å². The van der Waals surface area contributed by atoms with Crippen molar-refractivity contribution in [3.8, 4) is 0 Å². The van der Waals surface area contributed by atoms with Crippen LogP contribution in [-0.4, -0.2) is 11.1 Å². The molecule has 0 aromatic heterocycles. The van der Waals surface area contributed by atoms with Crippen LogP contribution in [0.2, 0.25) is 0 Å². The van der Waals surface area contributed by atoms with Crippen molar-refractivity contribution in [3.05, 3.63) is 30.3 Å². The van der Waals surface area contributed by atoms with Crippen LogP contribution in [-0.2, 0) is 0 Å². The normalized spacial score (nSPS) is 10.5. The third-order valence-corrected chi connectivity index (χ3v) is 3.05. The van der Waals surface area contributed by atoms with E-state index in [4.69, 9.17) is 0 Å². The lowest BCUT2D eigenvalue weighted by Crippen LogP contribution is -2.23. The summed E-state index contributed by atoms with van der Waals surface area (Å²) in [4.78, 5) is 0. The summed E-state index contributed by atoms with van der Waals surface area (Å²) in [6.45, 7) is 4.37. The quantitative estimate of drug-likeness (QED) is 0.464. The molecule has 0 heterocycles. The van der Waals surface area contributed by atoms with Crippen LogP contribution in [0.3, 0.4) is 0 Å². The Morgan fingerprint density at radius 2 is 1.92 bits per heavy atom. The minimum Gasteiger partial charge on any atom is -0.313 e. The zero-order chi connectivity index (χ0) is 9.68. The fourth-order valence-electron chi connectivity index (χ4n) is 1.16. The second kappa shape index (κ2) is 5.45. The molecule has 0 aliphatic heterocycles. The molecular formula is C10H15NS2. The number of benzene rings is 1. The van der Waals surface area contributed by atoms with Crippen molar-refractivity contribution < 1.29 is 0 Å². The number of hydrogen-bond donors (Lipinski definition) is 1. The molecule has 1 aromatic rings. The van der Waals surface area contributed by atoms with Crippen LogP contribution >= 0.6 is 24.6 Å². The van der Waals surface area contributed by atoms with Crippen LogP contribution in [0.5, 0.6) is 0 Å². The molecule has 0 fully saturated rings. The van der Waals surface area contributed by atoms with Crippen molar-refractivity contribution in [2.24, 2.45) is 0 Å².